The molecule has 0 aliphatic rings. The Labute approximate surface area is 131 Å². The molecule has 0 aliphatic heterocycles. The van der Waals surface area contributed by atoms with Crippen LogP contribution in [-0.4, -0.2) is 33.2 Å². The Kier molecular flexibility index (Phi) is 5.20. The molecule has 0 saturated carbocycles. The third-order valence-corrected chi connectivity index (χ3v) is 3.39. The summed E-state index contributed by atoms with van der Waals surface area (Å²) in [7, 11) is 1.87. The van der Waals surface area contributed by atoms with Crippen molar-refractivity contribution in [1.82, 2.24) is 14.7 Å². The highest BCUT2D eigenvalue weighted by atomic mass is 16.5. The molecule has 1 amide bonds. The summed E-state index contributed by atoms with van der Waals surface area (Å²) >= 11 is 0. The zero-order chi connectivity index (χ0) is 16.1. The fourth-order valence-corrected chi connectivity index (χ4v) is 2.29. The minimum atomic E-state index is 0.000376. The molecule has 0 aliphatic carbocycles. The van der Waals surface area contributed by atoms with Crippen LogP contribution >= 0.6 is 0 Å². The van der Waals surface area contributed by atoms with E-state index in [0.29, 0.717) is 18.7 Å². The molecule has 5 heteroatoms. The first-order valence-electron chi connectivity index (χ1n) is 7.52. The Bertz CT molecular complexity index is 634. The van der Waals surface area contributed by atoms with Gasteiger partial charge in [0.25, 0.3) is 5.91 Å². The van der Waals surface area contributed by atoms with Gasteiger partial charge in [0.1, 0.15) is 5.75 Å². The Balaban J connectivity index is 2.20. The quantitative estimate of drug-likeness (QED) is 0.824. The van der Waals surface area contributed by atoms with Gasteiger partial charge in [-0.1, -0.05) is 6.07 Å². The highest BCUT2D eigenvalue weighted by Crippen LogP contribution is 2.18. The lowest BCUT2D eigenvalue weighted by molar-refractivity contribution is 0.0690. The molecular weight excluding hydrogens is 278 g/mol. The topological polar surface area (TPSA) is 47.4 Å². The smallest absolute Gasteiger partial charge is 0.254 e. The lowest BCUT2D eigenvalue weighted by Crippen LogP contribution is -2.36. The lowest BCUT2D eigenvalue weighted by atomic mass is 10.1. The number of ether oxygens (including phenoxy) is 1. The molecule has 0 fully saturated rings. The highest BCUT2D eigenvalue weighted by molar-refractivity contribution is 5.94. The maximum atomic E-state index is 12.8. The fourth-order valence-electron chi connectivity index (χ4n) is 2.29. The molecule has 0 unspecified atom stereocenters. The molecule has 5 nitrogen and oxygen atoms in total. The average Bonchev–Trinajstić information content (AvgIpc) is 2.90. The largest absolute Gasteiger partial charge is 0.494 e. The molecule has 0 spiro atoms. The van der Waals surface area contributed by atoms with E-state index in [-0.39, 0.29) is 11.9 Å². The van der Waals surface area contributed by atoms with E-state index in [0.717, 1.165) is 11.3 Å². The van der Waals surface area contributed by atoms with E-state index in [4.69, 9.17) is 4.74 Å². The molecule has 0 N–H and O–H groups in total. The van der Waals surface area contributed by atoms with Gasteiger partial charge in [-0.05, 0) is 39.0 Å². The summed E-state index contributed by atoms with van der Waals surface area (Å²) in [6.07, 6.45) is 3.72. The third kappa shape index (κ3) is 3.87. The highest BCUT2D eigenvalue weighted by Gasteiger charge is 2.20. The summed E-state index contributed by atoms with van der Waals surface area (Å²) in [4.78, 5) is 14.6. The first-order chi connectivity index (χ1) is 10.5. The second kappa shape index (κ2) is 7.11. The number of aryl methyl sites for hydroxylation is 1. The molecule has 118 valence electrons. The SMILES string of the molecule is CCOc1cccc(C(=O)N(Cc2cnn(C)c2)C(C)C)c1. The van der Waals surface area contributed by atoms with Crippen molar-refractivity contribution in [2.75, 3.05) is 6.61 Å². The van der Waals surface area contributed by atoms with Gasteiger partial charge in [0.15, 0.2) is 0 Å². The summed E-state index contributed by atoms with van der Waals surface area (Å²) in [5.74, 6) is 0.721. The predicted molar refractivity (Wildman–Crippen MR) is 85.8 cm³/mol. The molecule has 0 atom stereocenters. The van der Waals surface area contributed by atoms with E-state index in [9.17, 15) is 4.79 Å². The van der Waals surface area contributed by atoms with E-state index < -0.39 is 0 Å². The van der Waals surface area contributed by atoms with Crippen LogP contribution in [0.15, 0.2) is 36.7 Å². The number of carbonyl (C=O) groups is 1. The minimum Gasteiger partial charge on any atom is -0.494 e. The summed E-state index contributed by atoms with van der Waals surface area (Å²) in [6, 6.07) is 7.43. The number of hydrogen-bond donors (Lipinski definition) is 0. The van der Waals surface area contributed by atoms with Gasteiger partial charge in [-0.25, -0.2) is 0 Å². The van der Waals surface area contributed by atoms with Gasteiger partial charge in [0.2, 0.25) is 0 Å². The van der Waals surface area contributed by atoms with Crippen LogP contribution in [0, 0.1) is 0 Å². The summed E-state index contributed by atoms with van der Waals surface area (Å²) in [6.45, 7) is 7.09. The summed E-state index contributed by atoms with van der Waals surface area (Å²) in [5.41, 5.74) is 1.66. The molecule has 1 aromatic carbocycles. The molecule has 22 heavy (non-hydrogen) atoms. The van der Waals surface area contributed by atoms with E-state index in [1.54, 1.807) is 16.9 Å². The first-order valence-corrected chi connectivity index (χ1v) is 7.52. The van der Waals surface area contributed by atoms with Crippen LogP contribution in [0.25, 0.3) is 0 Å². The molecule has 2 aromatic rings. The van der Waals surface area contributed by atoms with Crippen LogP contribution in [0.3, 0.4) is 0 Å². The second-order valence-electron chi connectivity index (χ2n) is 5.51. The van der Waals surface area contributed by atoms with Crippen molar-refractivity contribution in [3.05, 3.63) is 47.8 Å². The van der Waals surface area contributed by atoms with E-state index >= 15 is 0 Å². The molecular formula is C17H23N3O2. The normalized spacial score (nSPS) is 10.8. The number of nitrogens with zero attached hydrogens (tertiary/aromatic N) is 3. The van der Waals surface area contributed by atoms with Crippen molar-refractivity contribution in [2.24, 2.45) is 7.05 Å². The summed E-state index contributed by atoms with van der Waals surface area (Å²) < 4.78 is 7.22. The zero-order valence-corrected chi connectivity index (χ0v) is 13.6. The Morgan fingerprint density at radius 3 is 2.77 bits per heavy atom. The minimum absolute atomic E-state index is 0.000376. The van der Waals surface area contributed by atoms with Crippen molar-refractivity contribution < 1.29 is 9.53 Å². The Morgan fingerprint density at radius 1 is 1.41 bits per heavy atom. The number of benzene rings is 1. The molecule has 0 radical (unpaired) electrons. The Morgan fingerprint density at radius 2 is 2.18 bits per heavy atom. The van der Waals surface area contributed by atoms with Crippen molar-refractivity contribution in [1.29, 1.82) is 0 Å². The molecule has 0 saturated heterocycles. The number of aromatic nitrogens is 2. The Hall–Kier alpha value is -2.30. The average molecular weight is 301 g/mol. The number of carbonyl (C=O) groups excluding carboxylic acids is 1. The third-order valence-electron chi connectivity index (χ3n) is 3.39. The number of amides is 1. The van der Waals surface area contributed by atoms with Crippen molar-refractivity contribution >= 4 is 5.91 Å². The molecule has 1 aromatic heterocycles. The van der Waals surface area contributed by atoms with E-state index in [1.807, 2.05) is 57.1 Å². The number of hydrogen-bond acceptors (Lipinski definition) is 3. The van der Waals surface area contributed by atoms with Crippen molar-refractivity contribution in [3.8, 4) is 5.75 Å². The van der Waals surface area contributed by atoms with E-state index in [2.05, 4.69) is 5.10 Å². The monoisotopic (exact) mass is 301 g/mol. The number of rotatable bonds is 6. The maximum Gasteiger partial charge on any atom is 0.254 e. The molecule has 1 heterocycles. The van der Waals surface area contributed by atoms with Gasteiger partial charge in [-0.3, -0.25) is 9.48 Å². The molecule has 0 bridgehead atoms. The van der Waals surface area contributed by atoms with Gasteiger partial charge in [0, 0.05) is 37.0 Å². The van der Waals surface area contributed by atoms with Gasteiger partial charge in [-0.2, -0.15) is 5.10 Å². The van der Waals surface area contributed by atoms with Gasteiger partial charge in [0.05, 0.1) is 12.8 Å². The van der Waals surface area contributed by atoms with Crippen LogP contribution in [0.2, 0.25) is 0 Å². The predicted octanol–water partition coefficient (Wildman–Crippen LogP) is 2.87. The standard InChI is InChI=1S/C17H23N3O2/c1-5-22-16-8-6-7-15(9-16)17(21)20(13(2)3)12-14-10-18-19(4)11-14/h6-11,13H,5,12H2,1-4H3. The maximum absolute atomic E-state index is 12.8. The van der Waals surface area contributed by atoms with Crippen molar-refractivity contribution in [2.45, 2.75) is 33.4 Å². The van der Waals surface area contributed by atoms with E-state index in [1.165, 1.54) is 0 Å². The molecule has 2 rings (SSSR count). The van der Waals surface area contributed by atoms with Gasteiger partial charge >= 0.3 is 0 Å². The van der Waals surface area contributed by atoms with Crippen LogP contribution in [0.4, 0.5) is 0 Å². The van der Waals surface area contributed by atoms with Crippen LogP contribution in [0.1, 0.15) is 36.7 Å². The lowest BCUT2D eigenvalue weighted by Gasteiger charge is -2.26. The van der Waals surface area contributed by atoms with Crippen LogP contribution in [0.5, 0.6) is 5.75 Å². The van der Waals surface area contributed by atoms with Crippen LogP contribution in [-0.2, 0) is 13.6 Å². The van der Waals surface area contributed by atoms with Crippen LogP contribution < -0.4 is 4.74 Å². The first kappa shape index (κ1) is 16.1. The van der Waals surface area contributed by atoms with Gasteiger partial charge in [-0.15, -0.1) is 0 Å². The summed E-state index contributed by atoms with van der Waals surface area (Å²) in [5, 5.41) is 4.16. The second-order valence-corrected chi connectivity index (χ2v) is 5.51. The van der Waals surface area contributed by atoms with Gasteiger partial charge < -0.3 is 9.64 Å². The van der Waals surface area contributed by atoms with Crippen molar-refractivity contribution in [3.63, 3.8) is 0 Å². The fraction of sp³-hybridized carbons (Fsp3) is 0.412. The zero-order valence-electron chi connectivity index (χ0n) is 13.6.